The highest BCUT2D eigenvalue weighted by Gasteiger charge is 2.33. The number of carbonyl (C=O) groups excluding carboxylic acids is 3. The van der Waals surface area contributed by atoms with Crippen molar-refractivity contribution in [3.63, 3.8) is 0 Å². The fraction of sp³-hybridized carbons (Fsp3) is 0.312. The van der Waals surface area contributed by atoms with E-state index in [0.717, 1.165) is 32.7 Å². The van der Waals surface area contributed by atoms with E-state index in [4.69, 9.17) is 9.47 Å². The summed E-state index contributed by atoms with van der Waals surface area (Å²) >= 11 is 0. The Balaban J connectivity index is 1.46. The van der Waals surface area contributed by atoms with Gasteiger partial charge in [-0.2, -0.15) is 0 Å². The van der Waals surface area contributed by atoms with Gasteiger partial charge in [0.2, 0.25) is 5.91 Å². The van der Waals surface area contributed by atoms with Crippen LogP contribution >= 0.6 is 0 Å². The van der Waals surface area contributed by atoms with Crippen LogP contribution in [0.4, 0.5) is 4.79 Å². The summed E-state index contributed by atoms with van der Waals surface area (Å²) in [5.41, 5.74) is 4.97. The summed E-state index contributed by atoms with van der Waals surface area (Å²) in [5, 5.41) is 11.9. The maximum Gasteiger partial charge on any atom is 0.407 e. The number of rotatable bonds is 12. The summed E-state index contributed by atoms with van der Waals surface area (Å²) < 4.78 is 10.9. The molecule has 2 N–H and O–H groups in total. The Labute approximate surface area is 239 Å². The van der Waals surface area contributed by atoms with Crippen molar-refractivity contribution in [1.82, 2.24) is 10.2 Å². The number of aliphatic carboxylic acids is 1. The van der Waals surface area contributed by atoms with E-state index in [1.807, 2.05) is 80.6 Å². The second-order valence-corrected chi connectivity index (χ2v) is 10.4. The van der Waals surface area contributed by atoms with Crippen LogP contribution in [0.5, 0.6) is 0 Å². The highest BCUT2D eigenvalue weighted by molar-refractivity contribution is 5.91. The van der Waals surface area contributed by atoms with Gasteiger partial charge in [-0.15, -0.1) is 0 Å². The van der Waals surface area contributed by atoms with Crippen molar-refractivity contribution < 1.29 is 33.8 Å². The maximum absolute atomic E-state index is 13.4. The van der Waals surface area contributed by atoms with Crippen molar-refractivity contribution in [2.24, 2.45) is 5.92 Å². The van der Waals surface area contributed by atoms with Crippen molar-refractivity contribution >= 4 is 23.9 Å². The first kappa shape index (κ1) is 29.3. The Morgan fingerprint density at radius 3 is 2.02 bits per heavy atom. The molecule has 41 heavy (non-hydrogen) atoms. The SMILES string of the molecule is CC(C)CN(CC(=O)O)C(=O)[C@H](CC(=O)OCc1ccccc1)NC(=O)OCC1c2ccccc2-c2ccccc21. The summed E-state index contributed by atoms with van der Waals surface area (Å²) in [6.07, 6.45) is -1.37. The number of carbonyl (C=O) groups is 4. The van der Waals surface area contributed by atoms with Crippen LogP contribution in [0, 0.1) is 5.92 Å². The van der Waals surface area contributed by atoms with Crippen LogP contribution in [-0.2, 0) is 30.5 Å². The average Bonchev–Trinajstić information content (AvgIpc) is 3.27. The van der Waals surface area contributed by atoms with Gasteiger partial charge in [-0.1, -0.05) is 92.7 Å². The predicted octanol–water partition coefficient (Wildman–Crippen LogP) is 4.60. The maximum atomic E-state index is 13.4. The highest BCUT2D eigenvalue weighted by atomic mass is 16.5. The third-order valence-electron chi connectivity index (χ3n) is 6.77. The third-order valence-corrected chi connectivity index (χ3v) is 6.77. The first-order valence-corrected chi connectivity index (χ1v) is 13.5. The summed E-state index contributed by atoms with van der Waals surface area (Å²) in [5.74, 6) is -2.86. The number of nitrogens with zero attached hydrogens (tertiary/aromatic N) is 1. The number of ether oxygens (including phenoxy) is 2. The van der Waals surface area contributed by atoms with E-state index >= 15 is 0 Å². The van der Waals surface area contributed by atoms with Crippen molar-refractivity contribution in [3.8, 4) is 11.1 Å². The summed E-state index contributed by atoms with van der Waals surface area (Å²) in [6.45, 7) is 3.25. The number of nitrogens with one attached hydrogen (secondary N) is 1. The lowest BCUT2D eigenvalue weighted by Gasteiger charge is -2.27. The van der Waals surface area contributed by atoms with Gasteiger partial charge in [0.25, 0.3) is 0 Å². The molecule has 0 unspecified atom stereocenters. The zero-order valence-electron chi connectivity index (χ0n) is 23.1. The monoisotopic (exact) mass is 558 g/mol. The van der Waals surface area contributed by atoms with E-state index in [2.05, 4.69) is 5.32 Å². The molecule has 0 aromatic heterocycles. The Morgan fingerprint density at radius 1 is 0.854 bits per heavy atom. The van der Waals surface area contributed by atoms with Crippen molar-refractivity contribution in [3.05, 3.63) is 95.6 Å². The van der Waals surface area contributed by atoms with Crippen LogP contribution in [0.3, 0.4) is 0 Å². The number of fused-ring (bicyclic) bond motifs is 3. The van der Waals surface area contributed by atoms with E-state index in [9.17, 15) is 24.3 Å². The number of carboxylic acids is 1. The summed E-state index contributed by atoms with van der Waals surface area (Å²) in [6, 6.07) is 23.5. The molecule has 1 aliphatic rings. The fourth-order valence-corrected chi connectivity index (χ4v) is 5.00. The van der Waals surface area contributed by atoms with Crippen LogP contribution in [0.1, 0.15) is 42.9 Å². The molecule has 0 bridgehead atoms. The highest BCUT2D eigenvalue weighted by Crippen LogP contribution is 2.44. The van der Waals surface area contributed by atoms with Gasteiger partial charge in [0, 0.05) is 12.5 Å². The molecule has 0 heterocycles. The van der Waals surface area contributed by atoms with Gasteiger partial charge in [-0.25, -0.2) is 4.79 Å². The first-order chi connectivity index (χ1) is 19.7. The number of carboxylic acid groups (broad SMARTS) is 1. The van der Waals surface area contributed by atoms with Crippen molar-refractivity contribution in [1.29, 1.82) is 0 Å². The molecule has 3 aromatic carbocycles. The molecule has 1 aliphatic carbocycles. The van der Waals surface area contributed by atoms with Gasteiger partial charge in [-0.3, -0.25) is 14.4 Å². The molecule has 0 saturated carbocycles. The minimum Gasteiger partial charge on any atom is -0.480 e. The number of hydrogen-bond acceptors (Lipinski definition) is 6. The molecular weight excluding hydrogens is 524 g/mol. The third kappa shape index (κ3) is 7.72. The minimum absolute atomic E-state index is 0.00361. The van der Waals surface area contributed by atoms with Gasteiger partial charge in [0.15, 0.2) is 0 Å². The lowest BCUT2D eigenvalue weighted by molar-refractivity contribution is -0.150. The van der Waals surface area contributed by atoms with E-state index in [0.29, 0.717) is 0 Å². The molecule has 1 atom stereocenters. The number of amides is 2. The van der Waals surface area contributed by atoms with Crippen LogP contribution < -0.4 is 5.32 Å². The molecule has 9 heteroatoms. The van der Waals surface area contributed by atoms with Crippen LogP contribution in [-0.4, -0.2) is 59.7 Å². The Hall–Kier alpha value is -4.66. The van der Waals surface area contributed by atoms with Gasteiger partial charge in [0.1, 0.15) is 25.8 Å². The Kier molecular flexibility index (Phi) is 9.73. The number of esters is 1. The van der Waals surface area contributed by atoms with Crippen molar-refractivity contribution in [2.75, 3.05) is 19.7 Å². The van der Waals surface area contributed by atoms with Gasteiger partial charge >= 0.3 is 18.0 Å². The van der Waals surface area contributed by atoms with E-state index < -0.39 is 42.9 Å². The number of hydrogen-bond donors (Lipinski definition) is 2. The largest absolute Gasteiger partial charge is 0.480 e. The average molecular weight is 559 g/mol. The van der Waals surface area contributed by atoms with Crippen molar-refractivity contribution in [2.45, 2.75) is 38.8 Å². The molecular formula is C32H34N2O7. The minimum atomic E-state index is -1.37. The molecule has 0 saturated heterocycles. The van der Waals surface area contributed by atoms with E-state index in [1.165, 1.54) is 0 Å². The van der Waals surface area contributed by atoms with E-state index in [-0.39, 0.29) is 31.6 Å². The molecule has 0 radical (unpaired) electrons. The molecule has 9 nitrogen and oxygen atoms in total. The summed E-state index contributed by atoms with van der Waals surface area (Å²) in [4.78, 5) is 51.7. The molecule has 3 aromatic rings. The zero-order chi connectivity index (χ0) is 29.4. The predicted molar refractivity (Wildman–Crippen MR) is 152 cm³/mol. The molecule has 0 fully saturated rings. The second-order valence-electron chi connectivity index (χ2n) is 10.4. The zero-order valence-corrected chi connectivity index (χ0v) is 23.1. The standard InChI is InChI=1S/C32H34N2O7/c1-21(2)17-34(18-29(35)36)31(38)28(16-30(37)40-19-22-10-4-3-5-11-22)33-32(39)41-20-27-25-14-8-6-12-23(25)24-13-7-9-15-26(24)27/h3-15,21,27-28H,16-20H2,1-2H3,(H,33,39)(H,35,36)/t28-/m0/s1. The van der Waals surface area contributed by atoms with Crippen LogP contribution in [0.25, 0.3) is 11.1 Å². The topological polar surface area (TPSA) is 122 Å². The molecule has 0 spiro atoms. The van der Waals surface area contributed by atoms with Gasteiger partial charge < -0.3 is 24.8 Å². The quantitative estimate of drug-likeness (QED) is 0.312. The van der Waals surface area contributed by atoms with E-state index in [1.54, 1.807) is 12.1 Å². The smallest absolute Gasteiger partial charge is 0.407 e. The second kappa shape index (κ2) is 13.6. The van der Waals surface area contributed by atoms with Gasteiger partial charge in [-0.05, 0) is 33.7 Å². The Bertz CT molecular complexity index is 1340. The molecule has 2 amide bonds. The molecule has 4 rings (SSSR count). The summed E-state index contributed by atoms with van der Waals surface area (Å²) in [7, 11) is 0. The lowest BCUT2D eigenvalue weighted by atomic mass is 9.98. The fourth-order valence-electron chi connectivity index (χ4n) is 5.00. The molecule has 0 aliphatic heterocycles. The van der Waals surface area contributed by atoms with Gasteiger partial charge in [0.05, 0.1) is 6.42 Å². The normalized spacial score (nSPS) is 12.7. The van der Waals surface area contributed by atoms with Crippen LogP contribution in [0.15, 0.2) is 78.9 Å². The lowest BCUT2D eigenvalue weighted by Crippen LogP contribution is -2.52. The number of benzene rings is 3. The number of alkyl carbamates (subject to hydrolysis) is 1. The Morgan fingerprint density at radius 2 is 1.44 bits per heavy atom. The van der Waals surface area contributed by atoms with Crippen LogP contribution in [0.2, 0.25) is 0 Å². The first-order valence-electron chi connectivity index (χ1n) is 13.5. The molecule has 214 valence electrons.